The summed E-state index contributed by atoms with van der Waals surface area (Å²) in [6, 6.07) is 8.82. The normalized spacial score (nSPS) is 15.2. The Morgan fingerprint density at radius 3 is 2.96 bits per heavy atom. The van der Waals surface area contributed by atoms with Crippen LogP contribution < -0.4 is 10.9 Å². The minimum atomic E-state index is -0.651. The van der Waals surface area contributed by atoms with E-state index in [0.717, 1.165) is 0 Å². The molecule has 2 N–H and O–H groups in total. The van der Waals surface area contributed by atoms with E-state index in [1.54, 1.807) is 24.3 Å². The van der Waals surface area contributed by atoms with Gasteiger partial charge in [0.05, 0.1) is 6.26 Å². The summed E-state index contributed by atoms with van der Waals surface area (Å²) in [5.41, 5.74) is 1.28. The Balaban J connectivity index is 1.85. The van der Waals surface area contributed by atoms with Gasteiger partial charge in [-0.3, -0.25) is 4.79 Å². The Morgan fingerprint density at radius 2 is 2.15 bits per heavy atom. The molecule has 128 valence electrons. The molecule has 10 heteroatoms. The largest absolute Gasteiger partial charge is 0.463 e. The maximum atomic E-state index is 13.9. The van der Waals surface area contributed by atoms with E-state index in [-0.39, 0.29) is 11.6 Å². The second-order valence-corrected chi connectivity index (χ2v) is 5.70. The van der Waals surface area contributed by atoms with Gasteiger partial charge in [0, 0.05) is 5.56 Å². The average Bonchev–Trinajstić information content (AvgIpc) is 3.32. The van der Waals surface area contributed by atoms with Crippen molar-refractivity contribution < 1.29 is 8.81 Å². The molecule has 26 heavy (non-hydrogen) atoms. The van der Waals surface area contributed by atoms with E-state index < -0.39 is 17.4 Å². The van der Waals surface area contributed by atoms with Crippen molar-refractivity contribution in [3.8, 4) is 11.5 Å². The smallest absolute Gasteiger partial charge is 0.288 e. The molecular weight excluding hydrogens is 341 g/mol. The van der Waals surface area contributed by atoms with Crippen LogP contribution in [0.1, 0.15) is 17.2 Å². The van der Waals surface area contributed by atoms with Gasteiger partial charge in [-0.25, -0.2) is 9.49 Å². The zero-order valence-corrected chi connectivity index (χ0v) is 13.0. The molecule has 4 heterocycles. The number of fused-ring (bicyclic) bond motifs is 2. The van der Waals surface area contributed by atoms with Crippen LogP contribution in [0.5, 0.6) is 0 Å². The highest BCUT2D eigenvalue weighted by Crippen LogP contribution is 2.41. The van der Waals surface area contributed by atoms with E-state index in [0.29, 0.717) is 22.6 Å². The molecule has 0 fully saturated rings. The van der Waals surface area contributed by atoms with E-state index >= 15 is 0 Å². The number of hydrogen-bond donors (Lipinski definition) is 2. The summed E-state index contributed by atoms with van der Waals surface area (Å²) >= 11 is 0. The molecule has 1 atom stereocenters. The summed E-state index contributed by atoms with van der Waals surface area (Å²) in [6.45, 7) is 0. The van der Waals surface area contributed by atoms with Gasteiger partial charge < -0.3 is 9.73 Å². The minimum absolute atomic E-state index is 0.239. The molecule has 0 amide bonds. The molecule has 3 aromatic heterocycles. The number of furan rings is 1. The lowest BCUT2D eigenvalue weighted by molar-refractivity contribution is 0.550. The minimum Gasteiger partial charge on any atom is -0.463 e. The highest BCUT2D eigenvalue weighted by molar-refractivity contribution is 5.73. The molecule has 0 radical (unpaired) electrons. The molecule has 0 saturated carbocycles. The predicted octanol–water partition coefficient (Wildman–Crippen LogP) is 1.85. The van der Waals surface area contributed by atoms with Gasteiger partial charge in [0.1, 0.15) is 23.2 Å². The number of H-pyrrole nitrogens is 1. The monoisotopic (exact) mass is 351 g/mol. The zero-order valence-electron chi connectivity index (χ0n) is 13.0. The number of tetrazole rings is 1. The fourth-order valence-corrected chi connectivity index (χ4v) is 3.12. The van der Waals surface area contributed by atoms with Crippen LogP contribution in [0.25, 0.3) is 11.5 Å². The van der Waals surface area contributed by atoms with Gasteiger partial charge in [-0.1, -0.05) is 17.2 Å². The highest BCUT2D eigenvalue weighted by Gasteiger charge is 2.35. The molecule has 4 aromatic rings. The average molecular weight is 351 g/mol. The van der Waals surface area contributed by atoms with Gasteiger partial charge in [-0.05, 0) is 40.3 Å². The van der Waals surface area contributed by atoms with Gasteiger partial charge in [-0.15, -0.1) is 0 Å². The van der Waals surface area contributed by atoms with Crippen LogP contribution in [0.15, 0.2) is 51.9 Å². The zero-order chi connectivity index (χ0) is 17.7. The SMILES string of the molecule is O=c1[nH]nc(-c2ccco2)c2c1Nc1nnnn1[C@H]2c1cccc(F)c1. The highest BCUT2D eigenvalue weighted by atomic mass is 19.1. The Kier molecular flexibility index (Phi) is 2.98. The van der Waals surface area contributed by atoms with Gasteiger partial charge >= 0.3 is 0 Å². The lowest BCUT2D eigenvalue weighted by Crippen LogP contribution is -2.29. The molecule has 0 bridgehead atoms. The Bertz CT molecular complexity index is 1170. The first kappa shape index (κ1) is 14.5. The number of nitrogens with zero attached hydrogens (tertiary/aromatic N) is 5. The van der Waals surface area contributed by atoms with Crippen molar-refractivity contribution >= 4 is 11.6 Å². The lowest BCUT2D eigenvalue weighted by atomic mass is 9.94. The molecule has 9 nitrogen and oxygen atoms in total. The lowest BCUT2D eigenvalue weighted by Gasteiger charge is -2.27. The molecular formula is C16H10FN7O2. The van der Waals surface area contributed by atoms with Crippen molar-refractivity contribution in [2.45, 2.75) is 6.04 Å². The maximum Gasteiger partial charge on any atom is 0.288 e. The van der Waals surface area contributed by atoms with Crippen molar-refractivity contribution in [1.29, 1.82) is 0 Å². The fourth-order valence-electron chi connectivity index (χ4n) is 3.12. The van der Waals surface area contributed by atoms with Crippen LogP contribution in [0.3, 0.4) is 0 Å². The summed E-state index contributed by atoms with van der Waals surface area (Å²) in [5, 5.41) is 21.0. The maximum absolute atomic E-state index is 13.9. The Hall–Kier alpha value is -3.82. The number of aromatic nitrogens is 6. The van der Waals surface area contributed by atoms with E-state index in [1.165, 1.54) is 23.1 Å². The van der Waals surface area contributed by atoms with Crippen molar-refractivity contribution in [3.05, 3.63) is 70.0 Å². The predicted molar refractivity (Wildman–Crippen MR) is 87.3 cm³/mol. The number of halogens is 1. The molecule has 0 unspecified atom stereocenters. The summed E-state index contributed by atoms with van der Waals surface area (Å²) in [7, 11) is 0. The fraction of sp³-hybridized carbons (Fsp3) is 0.0625. The number of aromatic amines is 1. The Morgan fingerprint density at radius 1 is 1.23 bits per heavy atom. The summed E-state index contributed by atoms with van der Waals surface area (Å²) < 4.78 is 20.8. The quantitative estimate of drug-likeness (QED) is 0.499. The van der Waals surface area contributed by atoms with Crippen LogP contribution in [0.4, 0.5) is 16.0 Å². The summed E-state index contributed by atoms with van der Waals surface area (Å²) in [5.74, 6) is 0.320. The molecule has 1 aromatic carbocycles. The number of hydrogen-bond acceptors (Lipinski definition) is 7. The topological polar surface area (TPSA) is 115 Å². The number of benzene rings is 1. The number of anilines is 2. The second kappa shape index (κ2) is 5.34. The number of nitrogens with one attached hydrogen (secondary N) is 2. The van der Waals surface area contributed by atoms with Crippen LogP contribution >= 0.6 is 0 Å². The Labute approximate surface area is 144 Å². The van der Waals surface area contributed by atoms with Crippen molar-refractivity contribution in [1.82, 2.24) is 30.4 Å². The third-order valence-electron chi connectivity index (χ3n) is 4.19. The third-order valence-corrected chi connectivity index (χ3v) is 4.19. The molecule has 0 spiro atoms. The summed E-state index contributed by atoms with van der Waals surface area (Å²) in [4.78, 5) is 12.4. The number of rotatable bonds is 2. The van der Waals surface area contributed by atoms with Crippen LogP contribution in [-0.2, 0) is 0 Å². The third kappa shape index (κ3) is 2.05. The van der Waals surface area contributed by atoms with E-state index in [4.69, 9.17) is 4.42 Å². The molecule has 0 aliphatic carbocycles. The first-order valence-corrected chi connectivity index (χ1v) is 7.69. The van der Waals surface area contributed by atoms with Crippen LogP contribution in [0.2, 0.25) is 0 Å². The van der Waals surface area contributed by atoms with Gasteiger partial charge in [0.25, 0.3) is 5.56 Å². The van der Waals surface area contributed by atoms with E-state index in [1.807, 2.05) is 0 Å². The van der Waals surface area contributed by atoms with Gasteiger partial charge in [-0.2, -0.15) is 9.78 Å². The first-order valence-electron chi connectivity index (χ1n) is 7.69. The standard InChI is InChI=1S/C16H10FN7O2/c17-9-4-1-3-8(7-9)14-11-12(10-5-2-6-26-10)19-20-15(25)13(11)18-16-21-22-23-24(14)16/h1-7,14H,(H,20,25)(H,18,21,23)/t14-/m0/s1. The molecule has 0 saturated heterocycles. The van der Waals surface area contributed by atoms with Crippen molar-refractivity contribution in [2.24, 2.45) is 0 Å². The summed E-state index contributed by atoms with van der Waals surface area (Å²) in [6.07, 6.45) is 1.50. The first-order chi connectivity index (χ1) is 12.7. The van der Waals surface area contributed by atoms with Crippen LogP contribution in [0, 0.1) is 5.82 Å². The van der Waals surface area contributed by atoms with Crippen molar-refractivity contribution in [2.75, 3.05) is 5.32 Å². The second-order valence-electron chi connectivity index (χ2n) is 5.70. The van der Waals surface area contributed by atoms with Crippen LogP contribution in [-0.4, -0.2) is 30.4 Å². The van der Waals surface area contributed by atoms with Gasteiger partial charge in [0.2, 0.25) is 5.95 Å². The van der Waals surface area contributed by atoms with Gasteiger partial charge in [0.15, 0.2) is 5.76 Å². The molecule has 1 aliphatic rings. The van der Waals surface area contributed by atoms with E-state index in [2.05, 4.69) is 31.0 Å². The van der Waals surface area contributed by atoms with E-state index in [9.17, 15) is 9.18 Å². The molecule has 1 aliphatic heterocycles. The van der Waals surface area contributed by atoms with Crippen molar-refractivity contribution in [3.63, 3.8) is 0 Å². The molecule has 5 rings (SSSR count).